The van der Waals surface area contributed by atoms with Gasteiger partial charge in [-0.25, -0.2) is 8.42 Å². The molecule has 2 aromatic rings. The molecule has 2 rings (SSSR count). The molecule has 0 spiro atoms. The van der Waals surface area contributed by atoms with Crippen LogP contribution in [0.5, 0.6) is 5.75 Å². The zero-order valence-corrected chi connectivity index (χ0v) is 17.8. The monoisotopic (exact) mass is 404 g/mol. The first-order chi connectivity index (χ1) is 13.1. The van der Waals surface area contributed by atoms with Crippen LogP contribution in [0.1, 0.15) is 42.2 Å². The lowest BCUT2D eigenvalue weighted by atomic mass is 9.96. The molecule has 28 heavy (non-hydrogen) atoms. The molecule has 0 aromatic heterocycles. The normalized spacial score (nSPS) is 12.5. The molecular weight excluding hydrogens is 376 g/mol. The van der Waals surface area contributed by atoms with Crippen LogP contribution in [0, 0.1) is 5.92 Å². The standard InChI is InChI=1S/C21H28N2O4S/c1-15(2)14-19(16-10-12-17(27-4)13-11-16)22-21(24)18-8-6-7-9-20(18)23(3)28(5,25)26/h6-13,15,19H,14H2,1-5H3,(H,22,24)/t19-/m1/s1. The lowest BCUT2D eigenvalue weighted by molar-refractivity contribution is 0.0932. The van der Waals surface area contributed by atoms with Crippen LogP contribution in [-0.4, -0.2) is 34.7 Å². The number of rotatable bonds is 8. The largest absolute Gasteiger partial charge is 0.497 e. The van der Waals surface area contributed by atoms with Crippen molar-refractivity contribution in [2.75, 3.05) is 24.7 Å². The molecule has 0 unspecified atom stereocenters. The number of amides is 1. The van der Waals surface area contributed by atoms with E-state index in [1.807, 2.05) is 24.3 Å². The molecule has 0 saturated carbocycles. The fraction of sp³-hybridized carbons (Fsp3) is 0.381. The summed E-state index contributed by atoms with van der Waals surface area (Å²) in [6.07, 6.45) is 1.86. The third-order valence-corrected chi connectivity index (χ3v) is 5.71. The van der Waals surface area contributed by atoms with E-state index >= 15 is 0 Å². The first-order valence-electron chi connectivity index (χ1n) is 9.11. The summed E-state index contributed by atoms with van der Waals surface area (Å²) in [5.41, 5.74) is 1.63. The van der Waals surface area contributed by atoms with E-state index in [2.05, 4.69) is 19.2 Å². The van der Waals surface area contributed by atoms with Gasteiger partial charge in [-0.1, -0.05) is 38.1 Å². The van der Waals surface area contributed by atoms with Gasteiger partial charge in [-0.3, -0.25) is 9.10 Å². The van der Waals surface area contributed by atoms with Gasteiger partial charge in [0.2, 0.25) is 10.0 Å². The number of anilines is 1. The number of hydrogen-bond donors (Lipinski definition) is 1. The minimum absolute atomic E-state index is 0.199. The Morgan fingerprint density at radius 1 is 1.11 bits per heavy atom. The number of nitrogens with one attached hydrogen (secondary N) is 1. The topological polar surface area (TPSA) is 75.7 Å². The van der Waals surface area contributed by atoms with Crippen LogP contribution in [0.3, 0.4) is 0 Å². The van der Waals surface area contributed by atoms with Crippen LogP contribution < -0.4 is 14.4 Å². The average molecular weight is 405 g/mol. The molecule has 0 aliphatic carbocycles. The fourth-order valence-electron chi connectivity index (χ4n) is 2.94. The molecule has 7 heteroatoms. The van der Waals surface area contributed by atoms with Crippen molar-refractivity contribution in [3.63, 3.8) is 0 Å². The van der Waals surface area contributed by atoms with Gasteiger partial charge in [-0.05, 0) is 42.2 Å². The molecule has 1 atom stereocenters. The summed E-state index contributed by atoms with van der Waals surface area (Å²) in [6, 6.07) is 14.1. The van der Waals surface area contributed by atoms with E-state index in [0.29, 0.717) is 17.2 Å². The zero-order valence-electron chi connectivity index (χ0n) is 17.0. The average Bonchev–Trinajstić information content (AvgIpc) is 2.65. The highest BCUT2D eigenvalue weighted by Gasteiger charge is 2.22. The zero-order chi connectivity index (χ0) is 20.9. The van der Waals surface area contributed by atoms with Crippen molar-refractivity contribution in [1.82, 2.24) is 5.32 Å². The van der Waals surface area contributed by atoms with Crippen molar-refractivity contribution >= 4 is 21.6 Å². The number of methoxy groups -OCH3 is 1. The second-order valence-electron chi connectivity index (χ2n) is 7.18. The third-order valence-electron chi connectivity index (χ3n) is 4.52. The maximum atomic E-state index is 13.0. The Bertz CT molecular complexity index is 908. The molecule has 0 saturated heterocycles. The summed E-state index contributed by atoms with van der Waals surface area (Å²) in [4.78, 5) is 13.0. The molecule has 0 heterocycles. The Balaban J connectivity index is 2.33. The predicted octanol–water partition coefficient (Wildman–Crippen LogP) is 3.61. The highest BCUT2D eigenvalue weighted by atomic mass is 32.2. The first-order valence-corrected chi connectivity index (χ1v) is 11.0. The molecule has 1 amide bonds. The van der Waals surface area contributed by atoms with Gasteiger partial charge in [0.15, 0.2) is 0 Å². The van der Waals surface area contributed by atoms with Gasteiger partial charge in [0, 0.05) is 7.05 Å². The summed E-state index contributed by atoms with van der Waals surface area (Å²) in [5.74, 6) is 0.799. The highest BCUT2D eigenvalue weighted by molar-refractivity contribution is 7.92. The van der Waals surface area contributed by atoms with Gasteiger partial charge in [-0.2, -0.15) is 0 Å². The molecule has 0 fully saturated rings. The summed E-state index contributed by atoms with van der Waals surface area (Å²) in [7, 11) is -0.430. The Morgan fingerprint density at radius 3 is 2.25 bits per heavy atom. The van der Waals surface area contributed by atoms with E-state index in [0.717, 1.165) is 28.3 Å². The van der Waals surface area contributed by atoms with Crippen LogP contribution in [0.15, 0.2) is 48.5 Å². The van der Waals surface area contributed by atoms with Gasteiger partial charge in [0.1, 0.15) is 5.75 Å². The second-order valence-corrected chi connectivity index (χ2v) is 9.19. The van der Waals surface area contributed by atoms with Crippen LogP contribution in [-0.2, 0) is 10.0 Å². The fourth-order valence-corrected chi connectivity index (χ4v) is 3.46. The smallest absolute Gasteiger partial charge is 0.253 e. The number of carbonyl (C=O) groups is 1. The lowest BCUT2D eigenvalue weighted by Crippen LogP contribution is -2.32. The SMILES string of the molecule is COc1ccc([C@@H](CC(C)C)NC(=O)c2ccccc2N(C)S(C)(=O)=O)cc1. The van der Waals surface area contributed by atoms with E-state index in [1.165, 1.54) is 7.05 Å². The van der Waals surface area contributed by atoms with Crippen molar-refractivity contribution in [1.29, 1.82) is 0 Å². The first kappa shape index (κ1) is 21.8. The predicted molar refractivity (Wildman–Crippen MR) is 112 cm³/mol. The van der Waals surface area contributed by atoms with Crippen molar-refractivity contribution in [3.8, 4) is 5.75 Å². The van der Waals surface area contributed by atoms with E-state index in [4.69, 9.17) is 4.74 Å². The summed E-state index contributed by atoms with van der Waals surface area (Å²) < 4.78 is 30.2. The van der Waals surface area contributed by atoms with E-state index in [1.54, 1.807) is 31.4 Å². The molecule has 0 aliphatic heterocycles. The molecule has 2 aromatic carbocycles. The van der Waals surface area contributed by atoms with Crippen molar-refractivity contribution in [2.24, 2.45) is 5.92 Å². The molecule has 6 nitrogen and oxygen atoms in total. The van der Waals surface area contributed by atoms with Crippen LogP contribution in [0.2, 0.25) is 0 Å². The summed E-state index contributed by atoms with van der Waals surface area (Å²) in [5, 5.41) is 3.06. The summed E-state index contributed by atoms with van der Waals surface area (Å²) in [6.45, 7) is 4.18. The van der Waals surface area contributed by atoms with Crippen molar-refractivity contribution < 1.29 is 17.9 Å². The molecule has 152 valence electrons. The van der Waals surface area contributed by atoms with Gasteiger partial charge in [-0.15, -0.1) is 0 Å². The minimum atomic E-state index is -3.48. The number of para-hydroxylation sites is 1. The Morgan fingerprint density at radius 2 is 1.71 bits per heavy atom. The number of hydrogen-bond acceptors (Lipinski definition) is 4. The molecule has 0 aliphatic rings. The van der Waals surface area contributed by atoms with Crippen LogP contribution >= 0.6 is 0 Å². The van der Waals surface area contributed by atoms with E-state index in [9.17, 15) is 13.2 Å². The minimum Gasteiger partial charge on any atom is -0.497 e. The molecule has 1 N–H and O–H groups in total. The maximum absolute atomic E-state index is 13.0. The third kappa shape index (κ3) is 5.48. The van der Waals surface area contributed by atoms with Gasteiger partial charge < -0.3 is 10.1 Å². The van der Waals surface area contributed by atoms with Crippen LogP contribution in [0.25, 0.3) is 0 Å². The van der Waals surface area contributed by atoms with Gasteiger partial charge in [0.05, 0.1) is 30.7 Å². The Hall–Kier alpha value is -2.54. The molecule has 0 radical (unpaired) electrons. The number of sulfonamides is 1. The van der Waals surface area contributed by atoms with Gasteiger partial charge in [0.25, 0.3) is 5.91 Å². The Labute approximate surface area is 167 Å². The van der Waals surface area contributed by atoms with E-state index in [-0.39, 0.29) is 11.9 Å². The van der Waals surface area contributed by atoms with Crippen molar-refractivity contribution in [3.05, 3.63) is 59.7 Å². The van der Waals surface area contributed by atoms with Crippen LogP contribution in [0.4, 0.5) is 5.69 Å². The number of nitrogens with zero attached hydrogens (tertiary/aromatic N) is 1. The quantitative estimate of drug-likeness (QED) is 0.729. The molecular formula is C21H28N2O4S. The second kappa shape index (κ2) is 9.10. The maximum Gasteiger partial charge on any atom is 0.253 e. The molecule has 0 bridgehead atoms. The number of carbonyl (C=O) groups excluding carboxylic acids is 1. The highest BCUT2D eigenvalue weighted by Crippen LogP contribution is 2.26. The van der Waals surface area contributed by atoms with Gasteiger partial charge >= 0.3 is 0 Å². The summed E-state index contributed by atoms with van der Waals surface area (Å²) >= 11 is 0. The van der Waals surface area contributed by atoms with E-state index < -0.39 is 10.0 Å². The number of benzene rings is 2. The number of ether oxygens (including phenoxy) is 1. The van der Waals surface area contributed by atoms with Crippen molar-refractivity contribution in [2.45, 2.75) is 26.3 Å². The lowest BCUT2D eigenvalue weighted by Gasteiger charge is -2.24. The Kier molecular flexibility index (Phi) is 7.07.